The van der Waals surface area contributed by atoms with E-state index in [4.69, 9.17) is 5.73 Å². The van der Waals surface area contributed by atoms with Crippen molar-refractivity contribution in [2.45, 2.75) is 12.5 Å². The number of likely N-dealkylation sites (tertiary alicyclic amines) is 1. The SMILES string of the molecule is NC(=O)C1CCN1C(=O)c1cscc1Br. The molecule has 1 unspecified atom stereocenters. The van der Waals surface area contributed by atoms with Crippen LogP contribution in [0.4, 0.5) is 0 Å². The number of hydrogen-bond donors (Lipinski definition) is 1. The average Bonchev–Trinajstić information content (AvgIpc) is 2.47. The summed E-state index contributed by atoms with van der Waals surface area (Å²) in [4.78, 5) is 24.4. The van der Waals surface area contributed by atoms with Gasteiger partial charge in [0.1, 0.15) is 6.04 Å². The van der Waals surface area contributed by atoms with Crippen LogP contribution in [0.2, 0.25) is 0 Å². The first kappa shape index (κ1) is 10.6. The largest absolute Gasteiger partial charge is 0.368 e. The van der Waals surface area contributed by atoms with E-state index >= 15 is 0 Å². The van der Waals surface area contributed by atoms with E-state index in [9.17, 15) is 9.59 Å². The summed E-state index contributed by atoms with van der Waals surface area (Å²) in [7, 11) is 0. The van der Waals surface area contributed by atoms with Gasteiger partial charge >= 0.3 is 0 Å². The van der Waals surface area contributed by atoms with Gasteiger partial charge < -0.3 is 10.6 Å². The summed E-state index contributed by atoms with van der Waals surface area (Å²) in [5.41, 5.74) is 5.78. The minimum Gasteiger partial charge on any atom is -0.368 e. The van der Waals surface area contributed by atoms with Crippen LogP contribution >= 0.6 is 27.3 Å². The van der Waals surface area contributed by atoms with Gasteiger partial charge in [-0.3, -0.25) is 9.59 Å². The number of rotatable bonds is 2. The first-order valence-electron chi connectivity index (χ1n) is 4.43. The van der Waals surface area contributed by atoms with Crippen LogP contribution in [-0.4, -0.2) is 29.3 Å². The Morgan fingerprint density at radius 1 is 1.53 bits per heavy atom. The zero-order valence-electron chi connectivity index (χ0n) is 7.77. The third-order valence-corrected chi connectivity index (χ3v) is 4.16. The first-order chi connectivity index (χ1) is 7.11. The van der Waals surface area contributed by atoms with Crippen molar-refractivity contribution in [3.8, 4) is 0 Å². The van der Waals surface area contributed by atoms with Crippen molar-refractivity contribution >= 4 is 39.1 Å². The highest BCUT2D eigenvalue weighted by Gasteiger charge is 2.37. The highest BCUT2D eigenvalue weighted by molar-refractivity contribution is 9.10. The van der Waals surface area contributed by atoms with Crippen molar-refractivity contribution in [2.24, 2.45) is 5.73 Å². The zero-order chi connectivity index (χ0) is 11.0. The molecule has 0 aliphatic carbocycles. The topological polar surface area (TPSA) is 63.4 Å². The Labute approximate surface area is 99.2 Å². The van der Waals surface area contributed by atoms with Gasteiger partial charge in [0.15, 0.2) is 0 Å². The van der Waals surface area contributed by atoms with Crippen molar-refractivity contribution in [1.29, 1.82) is 0 Å². The first-order valence-corrected chi connectivity index (χ1v) is 6.17. The summed E-state index contributed by atoms with van der Waals surface area (Å²) in [6.45, 7) is 0.606. The van der Waals surface area contributed by atoms with Gasteiger partial charge in [-0.1, -0.05) is 0 Å². The van der Waals surface area contributed by atoms with Gasteiger partial charge in [0.2, 0.25) is 5.91 Å². The smallest absolute Gasteiger partial charge is 0.256 e. The number of nitrogens with zero attached hydrogens (tertiary/aromatic N) is 1. The van der Waals surface area contributed by atoms with E-state index in [1.165, 1.54) is 16.2 Å². The van der Waals surface area contributed by atoms with Crippen LogP contribution in [0, 0.1) is 0 Å². The predicted molar refractivity (Wildman–Crippen MR) is 60.7 cm³/mol. The lowest BCUT2D eigenvalue weighted by atomic mass is 10.0. The Kier molecular flexibility index (Phi) is 2.79. The quantitative estimate of drug-likeness (QED) is 0.889. The molecule has 2 amide bonds. The molecule has 1 aliphatic heterocycles. The maximum absolute atomic E-state index is 11.9. The Morgan fingerprint density at radius 2 is 2.27 bits per heavy atom. The Balaban J connectivity index is 2.16. The maximum atomic E-state index is 11.9. The summed E-state index contributed by atoms with van der Waals surface area (Å²) < 4.78 is 0.771. The molecule has 1 saturated heterocycles. The molecule has 0 saturated carbocycles. The molecule has 4 nitrogen and oxygen atoms in total. The standard InChI is InChI=1S/C9H9BrN2O2S/c10-6-4-15-3-5(6)9(14)12-2-1-7(12)8(11)13/h3-4,7H,1-2H2,(H2,11,13). The van der Waals surface area contributed by atoms with Crippen molar-refractivity contribution in [3.05, 3.63) is 20.8 Å². The number of primary amides is 1. The average molecular weight is 289 g/mol. The number of carbonyl (C=O) groups is 2. The predicted octanol–water partition coefficient (Wildman–Crippen LogP) is 1.21. The van der Waals surface area contributed by atoms with Gasteiger partial charge in [-0.25, -0.2) is 0 Å². The van der Waals surface area contributed by atoms with Crippen LogP contribution in [-0.2, 0) is 4.79 Å². The lowest BCUT2D eigenvalue weighted by Crippen LogP contribution is -2.57. The number of carbonyl (C=O) groups excluding carboxylic acids is 2. The number of thiophene rings is 1. The minimum atomic E-state index is -0.430. The molecular weight excluding hydrogens is 280 g/mol. The summed E-state index contributed by atoms with van der Waals surface area (Å²) in [5, 5.41) is 3.61. The highest BCUT2D eigenvalue weighted by Crippen LogP contribution is 2.27. The van der Waals surface area contributed by atoms with E-state index in [2.05, 4.69) is 15.9 Å². The molecule has 0 bridgehead atoms. The van der Waals surface area contributed by atoms with E-state index in [1.54, 1.807) is 5.38 Å². The molecule has 15 heavy (non-hydrogen) atoms. The van der Waals surface area contributed by atoms with Crippen molar-refractivity contribution < 1.29 is 9.59 Å². The molecule has 6 heteroatoms. The van der Waals surface area contributed by atoms with Gasteiger partial charge in [0, 0.05) is 21.8 Å². The molecule has 1 aliphatic rings. The lowest BCUT2D eigenvalue weighted by Gasteiger charge is -2.38. The third-order valence-electron chi connectivity index (χ3n) is 2.45. The van der Waals surface area contributed by atoms with Gasteiger partial charge in [0.25, 0.3) is 5.91 Å². The van der Waals surface area contributed by atoms with E-state index in [-0.39, 0.29) is 5.91 Å². The van der Waals surface area contributed by atoms with Gasteiger partial charge in [-0.2, -0.15) is 11.3 Å². The Bertz CT molecular complexity index is 418. The Morgan fingerprint density at radius 3 is 2.67 bits per heavy atom. The summed E-state index contributed by atoms with van der Waals surface area (Å²) in [6, 6.07) is -0.427. The lowest BCUT2D eigenvalue weighted by molar-refractivity contribution is -0.125. The second-order valence-corrected chi connectivity index (χ2v) is 4.94. The number of hydrogen-bond acceptors (Lipinski definition) is 3. The molecule has 2 heterocycles. The number of halogens is 1. The van der Waals surface area contributed by atoms with Gasteiger partial charge in [-0.15, -0.1) is 0 Å². The molecule has 1 aromatic heterocycles. The van der Waals surface area contributed by atoms with Gasteiger partial charge in [0.05, 0.1) is 5.56 Å². The number of amides is 2. The molecule has 2 N–H and O–H groups in total. The molecule has 1 atom stereocenters. The maximum Gasteiger partial charge on any atom is 0.256 e. The second-order valence-electron chi connectivity index (χ2n) is 3.34. The highest BCUT2D eigenvalue weighted by atomic mass is 79.9. The fraction of sp³-hybridized carbons (Fsp3) is 0.333. The van der Waals surface area contributed by atoms with Crippen molar-refractivity contribution in [2.75, 3.05) is 6.54 Å². The molecule has 1 fully saturated rings. The van der Waals surface area contributed by atoms with Crippen LogP contribution in [0.15, 0.2) is 15.2 Å². The van der Waals surface area contributed by atoms with Crippen LogP contribution in [0.5, 0.6) is 0 Å². The Hall–Kier alpha value is -0.880. The van der Waals surface area contributed by atoms with Crippen molar-refractivity contribution in [3.63, 3.8) is 0 Å². The van der Waals surface area contributed by atoms with E-state index in [0.717, 1.165) is 4.47 Å². The summed E-state index contributed by atoms with van der Waals surface area (Å²) >= 11 is 4.74. The van der Waals surface area contributed by atoms with E-state index in [0.29, 0.717) is 18.5 Å². The summed E-state index contributed by atoms with van der Waals surface area (Å²) in [5.74, 6) is -0.556. The van der Waals surface area contributed by atoms with Crippen LogP contribution in [0.1, 0.15) is 16.8 Å². The molecular formula is C9H9BrN2O2S. The fourth-order valence-corrected chi connectivity index (χ4v) is 2.95. The molecule has 1 aromatic rings. The molecule has 0 spiro atoms. The summed E-state index contributed by atoms with van der Waals surface area (Å²) in [6.07, 6.45) is 0.669. The fourth-order valence-electron chi connectivity index (χ4n) is 1.52. The van der Waals surface area contributed by atoms with E-state index in [1.807, 2.05) is 5.38 Å². The number of nitrogens with two attached hydrogens (primary N) is 1. The molecule has 2 rings (SSSR count). The van der Waals surface area contributed by atoms with Gasteiger partial charge in [-0.05, 0) is 22.4 Å². The van der Waals surface area contributed by atoms with E-state index < -0.39 is 11.9 Å². The second kappa shape index (κ2) is 3.94. The van der Waals surface area contributed by atoms with Crippen molar-refractivity contribution in [1.82, 2.24) is 4.90 Å². The van der Waals surface area contributed by atoms with Crippen LogP contribution < -0.4 is 5.73 Å². The van der Waals surface area contributed by atoms with Crippen LogP contribution in [0.25, 0.3) is 0 Å². The molecule has 80 valence electrons. The zero-order valence-corrected chi connectivity index (χ0v) is 10.2. The minimum absolute atomic E-state index is 0.127. The molecule has 0 aromatic carbocycles. The normalized spacial score (nSPS) is 19.8. The third kappa shape index (κ3) is 1.79. The monoisotopic (exact) mass is 288 g/mol. The molecule has 0 radical (unpaired) electrons. The van der Waals surface area contributed by atoms with Crippen LogP contribution in [0.3, 0.4) is 0 Å².